The third-order valence-electron chi connectivity index (χ3n) is 9.46. The zero-order chi connectivity index (χ0) is 28.9. The van der Waals surface area contributed by atoms with E-state index in [1.807, 2.05) is 0 Å². The predicted molar refractivity (Wildman–Crippen MR) is 173 cm³/mol. The van der Waals surface area contributed by atoms with Crippen molar-refractivity contribution in [2.24, 2.45) is 0 Å². The average molecular weight is 569 g/mol. The molecule has 0 spiro atoms. The Morgan fingerprint density at radius 3 is 1.73 bits per heavy atom. The fraction of sp³-hybridized carbons (Fsp3) is 0.444. The molecule has 2 heterocycles. The summed E-state index contributed by atoms with van der Waals surface area (Å²) in [6.07, 6.45) is 3.62. The minimum absolute atomic E-state index is 0.146. The molecule has 0 amide bonds. The third-order valence-corrected chi connectivity index (χ3v) is 13.9. The van der Waals surface area contributed by atoms with Crippen LogP contribution in [0.15, 0.2) is 103 Å². The number of piperidine rings is 1. The summed E-state index contributed by atoms with van der Waals surface area (Å²) in [5.74, 6) is 0. The molecule has 41 heavy (non-hydrogen) atoms. The molecule has 5 rings (SSSR count). The SMILES string of the molecule is CC(C)(C)[Si](C)(C)OC1CCN(C(c2ccccc2)(c2ccccc2)c2ccccc2)CC1=CCN1CCOCC1. The summed E-state index contributed by atoms with van der Waals surface area (Å²) in [6.45, 7) is 18.2. The molecule has 1 atom stereocenters. The van der Waals surface area contributed by atoms with Crippen LogP contribution in [0.5, 0.6) is 0 Å². The van der Waals surface area contributed by atoms with E-state index in [1.165, 1.54) is 22.3 Å². The van der Waals surface area contributed by atoms with Gasteiger partial charge in [0.1, 0.15) is 0 Å². The second-order valence-corrected chi connectivity index (χ2v) is 17.8. The first-order valence-electron chi connectivity index (χ1n) is 15.3. The van der Waals surface area contributed by atoms with Crippen LogP contribution in [0.3, 0.4) is 0 Å². The van der Waals surface area contributed by atoms with Gasteiger partial charge in [-0.1, -0.05) is 118 Å². The normalized spacial score (nSPS) is 20.8. The Bertz CT molecular complexity index is 1170. The Kier molecular flexibility index (Phi) is 9.32. The van der Waals surface area contributed by atoms with Crippen molar-refractivity contribution in [1.82, 2.24) is 9.80 Å². The summed E-state index contributed by atoms with van der Waals surface area (Å²) in [4.78, 5) is 5.22. The predicted octanol–water partition coefficient (Wildman–Crippen LogP) is 7.33. The van der Waals surface area contributed by atoms with E-state index in [9.17, 15) is 0 Å². The molecular weight excluding hydrogens is 520 g/mol. The van der Waals surface area contributed by atoms with E-state index in [-0.39, 0.29) is 11.1 Å². The summed E-state index contributed by atoms with van der Waals surface area (Å²) < 4.78 is 12.8. The molecule has 2 aliphatic heterocycles. The highest BCUT2D eigenvalue weighted by Gasteiger charge is 2.46. The first-order valence-corrected chi connectivity index (χ1v) is 18.2. The van der Waals surface area contributed by atoms with Crippen molar-refractivity contribution in [3.8, 4) is 0 Å². The second-order valence-electron chi connectivity index (χ2n) is 13.1. The van der Waals surface area contributed by atoms with Crippen molar-refractivity contribution in [2.75, 3.05) is 45.9 Å². The molecule has 2 saturated heterocycles. The number of likely N-dealkylation sites (tertiary alicyclic amines) is 1. The molecule has 3 aromatic rings. The number of ether oxygens (including phenoxy) is 1. The van der Waals surface area contributed by atoms with Gasteiger partial charge in [0.05, 0.1) is 24.9 Å². The van der Waals surface area contributed by atoms with Gasteiger partial charge >= 0.3 is 0 Å². The minimum atomic E-state index is -1.96. The van der Waals surface area contributed by atoms with Crippen molar-refractivity contribution in [3.63, 3.8) is 0 Å². The fourth-order valence-corrected chi connectivity index (χ4v) is 7.46. The Labute approximate surface area is 249 Å². The van der Waals surface area contributed by atoms with Crippen LogP contribution in [0.25, 0.3) is 0 Å². The Balaban J connectivity index is 1.59. The molecule has 4 nitrogen and oxygen atoms in total. The van der Waals surface area contributed by atoms with E-state index in [4.69, 9.17) is 9.16 Å². The lowest BCUT2D eigenvalue weighted by Crippen LogP contribution is -2.55. The van der Waals surface area contributed by atoms with Gasteiger partial charge in [-0.15, -0.1) is 0 Å². The summed E-state index contributed by atoms with van der Waals surface area (Å²) >= 11 is 0. The number of rotatable bonds is 8. The van der Waals surface area contributed by atoms with E-state index < -0.39 is 13.9 Å². The Morgan fingerprint density at radius 1 is 0.780 bits per heavy atom. The van der Waals surface area contributed by atoms with Gasteiger partial charge in [-0.05, 0) is 46.8 Å². The van der Waals surface area contributed by atoms with E-state index in [0.717, 1.165) is 52.4 Å². The first-order chi connectivity index (χ1) is 19.7. The monoisotopic (exact) mass is 568 g/mol. The fourth-order valence-electron chi connectivity index (χ4n) is 6.12. The van der Waals surface area contributed by atoms with Gasteiger partial charge in [0.2, 0.25) is 0 Å². The highest BCUT2D eigenvalue weighted by molar-refractivity contribution is 6.74. The van der Waals surface area contributed by atoms with Crippen molar-refractivity contribution >= 4 is 8.32 Å². The van der Waals surface area contributed by atoms with Crippen LogP contribution in [0.4, 0.5) is 0 Å². The van der Waals surface area contributed by atoms with Gasteiger partial charge in [0, 0.05) is 32.7 Å². The first kappa shape index (κ1) is 29.9. The molecule has 5 heteroatoms. The minimum Gasteiger partial charge on any atom is -0.410 e. The zero-order valence-electron chi connectivity index (χ0n) is 25.7. The van der Waals surface area contributed by atoms with Gasteiger partial charge in [-0.3, -0.25) is 9.80 Å². The highest BCUT2D eigenvalue weighted by Crippen LogP contribution is 2.45. The lowest BCUT2D eigenvalue weighted by Gasteiger charge is -2.50. The van der Waals surface area contributed by atoms with Crippen molar-refractivity contribution in [2.45, 2.75) is 57.0 Å². The van der Waals surface area contributed by atoms with Crippen molar-refractivity contribution in [3.05, 3.63) is 119 Å². The molecule has 0 aliphatic carbocycles. The van der Waals surface area contributed by atoms with Crippen LogP contribution >= 0.6 is 0 Å². The number of hydrogen-bond acceptors (Lipinski definition) is 4. The average Bonchev–Trinajstić information content (AvgIpc) is 2.99. The van der Waals surface area contributed by atoms with Gasteiger partial charge in [0.25, 0.3) is 0 Å². The van der Waals surface area contributed by atoms with Gasteiger partial charge in [-0.25, -0.2) is 0 Å². The van der Waals surface area contributed by atoms with E-state index in [0.29, 0.717) is 0 Å². The molecule has 0 radical (unpaired) electrons. The summed E-state index contributed by atoms with van der Waals surface area (Å²) in [5, 5.41) is 0.168. The number of nitrogens with zero attached hydrogens (tertiary/aromatic N) is 2. The molecular formula is C36H48N2O2Si. The molecule has 0 bridgehead atoms. The maximum absolute atomic E-state index is 7.17. The van der Waals surface area contributed by atoms with Crippen LogP contribution in [-0.2, 0) is 14.7 Å². The van der Waals surface area contributed by atoms with Crippen molar-refractivity contribution < 1.29 is 9.16 Å². The second kappa shape index (κ2) is 12.8. The quantitative estimate of drug-likeness (QED) is 0.161. The summed E-state index contributed by atoms with van der Waals surface area (Å²) in [7, 11) is -1.96. The van der Waals surface area contributed by atoms with Crippen LogP contribution < -0.4 is 0 Å². The molecule has 3 aromatic carbocycles. The van der Waals surface area contributed by atoms with E-state index in [2.05, 4.69) is 141 Å². The Morgan fingerprint density at radius 2 is 1.27 bits per heavy atom. The van der Waals surface area contributed by atoms with Gasteiger partial charge in [-0.2, -0.15) is 0 Å². The molecule has 218 valence electrons. The van der Waals surface area contributed by atoms with E-state index in [1.54, 1.807) is 0 Å². The van der Waals surface area contributed by atoms with Gasteiger partial charge in [0.15, 0.2) is 8.32 Å². The topological polar surface area (TPSA) is 24.9 Å². The van der Waals surface area contributed by atoms with Crippen LogP contribution in [0.2, 0.25) is 18.1 Å². The summed E-state index contributed by atoms with van der Waals surface area (Å²) in [6, 6.07) is 33.2. The number of morpholine rings is 1. The van der Waals surface area contributed by atoms with Crippen LogP contribution in [0, 0.1) is 0 Å². The third kappa shape index (κ3) is 6.45. The molecule has 2 aliphatic rings. The van der Waals surface area contributed by atoms with Gasteiger partial charge < -0.3 is 9.16 Å². The molecule has 0 N–H and O–H groups in total. The maximum atomic E-state index is 7.17. The molecule has 1 unspecified atom stereocenters. The number of hydrogen-bond donors (Lipinski definition) is 0. The molecule has 0 saturated carbocycles. The smallest absolute Gasteiger partial charge is 0.192 e. The zero-order valence-corrected chi connectivity index (χ0v) is 26.7. The largest absolute Gasteiger partial charge is 0.410 e. The lowest BCUT2D eigenvalue weighted by molar-refractivity contribution is 0.0427. The number of benzene rings is 3. The van der Waals surface area contributed by atoms with Crippen LogP contribution in [-0.4, -0.2) is 70.2 Å². The highest BCUT2D eigenvalue weighted by atomic mass is 28.4. The summed E-state index contributed by atoms with van der Waals surface area (Å²) in [5.41, 5.74) is 4.90. The Hall–Kier alpha value is -2.54. The van der Waals surface area contributed by atoms with E-state index >= 15 is 0 Å². The van der Waals surface area contributed by atoms with Crippen LogP contribution in [0.1, 0.15) is 43.9 Å². The molecule has 0 aromatic heterocycles. The van der Waals surface area contributed by atoms with Crippen molar-refractivity contribution in [1.29, 1.82) is 0 Å². The maximum Gasteiger partial charge on any atom is 0.192 e. The molecule has 2 fully saturated rings. The standard InChI is InChI=1S/C36H48N2O2Si/c1-35(2,3)41(4,5)40-34-22-24-38(29-30(34)21-23-37-25-27-39-28-26-37)36(31-15-9-6-10-16-31,32-17-11-7-12-18-32)33-19-13-8-14-20-33/h6-21,34H,22-29H2,1-5H3. The lowest BCUT2D eigenvalue weighted by atomic mass is 9.74.